The number of nitrogens with zero attached hydrogens (tertiary/aromatic N) is 1. The average Bonchev–Trinajstić information content (AvgIpc) is 3.07. The van der Waals surface area contributed by atoms with Gasteiger partial charge in [-0.15, -0.1) is 0 Å². The molecule has 0 aromatic heterocycles. The Balaban J connectivity index is 1.43. The first kappa shape index (κ1) is 18.7. The van der Waals surface area contributed by atoms with Crippen LogP contribution < -0.4 is 14.2 Å². The summed E-state index contributed by atoms with van der Waals surface area (Å²) in [7, 11) is 1.78. The number of rotatable bonds is 7. The zero-order valence-electron chi connectivity index (χ0n) is 14.3. The van der Waals surface area contributed by atoms with Gasteiger partial charge in [0.2, 0.25) is 12.7 Å². The second kappa shape index (κ2) is 8.52. The minimum atomic E-state index is 0.0495. The van der Waals surface area contributed by atoms with Crippen molar-refractivity contribution in [2.45, 2.75) is 19.4 Å². The van der Waals surface area contributed by atoms with Gasteiger partial charge in [0.25, 0.3) is 0 Å². The number of ether oxygens (including phenoxy) is 3. The molecule has 0 spiro atoms. The standard InChI is InChI=1S/C19H19Cl2NO4/c1-22(11-13-4-6-17-18(9-13)26-12-25-17)19(23)3-2-8-24-16-7-5-14(20)10-15(16)21/h4-7,9-10H,2-3,8,11-12H2,1H3. The fraction of sp³-hybridized carbons (Fsp3) is 0.316. The fourth-order valence-electron chi connectivity index (χ4n) is 2.59. The van der Waals surface area contributed by atoms with Crippen molar-refractivity contribution in [3.8, 4) is 17.2 Å². The van der Waals surface area contributed by atoms with E-state index in [2.05, 4.69) is 0 Å². The summed E-state index contributed by atoms with van der Waals surface area (Å²) in [5.74, 6) is 2.07. The molecule has 1 aliphatic heterocycles. The van der Waals surface area contributed by atoms with Crippen molar-refractivity contribution in [2.24, 2.45) is 0 Å². The Hall–Kier alpha value is -2.11. The van der Waals surface area contributed by atoms with Crippen LogP contribution in [0.25, 0.3) is 0 Å². The molecule has 0 aliphatic carbocycles. The van der Waals surface area contributed by atoms with E-state index < -0.39 is 0 Å². The van der Waals surface area contributed by atoms with Crippen LogP contribution in [0.2, 0.25) is 10.0 Å². The van der Waals surface area contributed by atoms with Crippen molar-refractivity contribution < 1.29 is 19.0 Å². The van der Waals surface area contributed by atoms with E-state index in [1.807, 2.05) is 18.2 Å². The highest BCUT2D eigenvalue weighted by Crippen LogP contribution is 2.32. The van der Waals surface area contributed by atoms with E-state index in [1.165, 1.54) is 0 Å². The fourth-order valence-corrected chi connectivity index (χ4v) is 3.05. The first-order valence-corrected chi connectivity index (χ1v) is 8.99. The lowest BCUT2D eigenvalue weighted by Gasteiger charge is -2.17. The molecule has 1 aliphatic rings. The normalized spacial score (nSPS) is 12.1. The van der Waals surface area contributed by atoms with Gasteiger partial charge in [-0.1, -0.05) is 29.3 Å². The maximum atomic E-state index is 12.3. The van der Waals surface area contributed by atoms with E-state index in [9.17, 15) is 4.79 Å². The molecule has 0 bridgehead atoms. The highest BCUT2D eigenvalue weighted by molar-refractivity contribution is 6.35. The number of halogens is 2. The first-order chi connectivity index (χ1) is 12.5. The van der Waals surface area contributed by atoms with Crippen LogP contribution in [0.15, 0.2) is 36.4 Å². The summed E-state index contributed by atoms with van der Waals surface area (Å²) in [6.07, 6.45) is 0.996. The third kappa shape index (κ3) is 4.74. The second-order valence-electron chi connectivity index (χ2n) is 5.96. The maximum absolute atomic E-state index is 12.3. The van der Waals surface area contributed by atoms with Crippen molar-refractivity contribution in [2.75, 3.05) is 20.4 Å². The maximum Gasteiger partial charge on any atom is 0.231 e. The van der Waals surface area contributed by atoms with Gasteiger partial charge in [0, 0.05) is 25.0 Å². The van der Waals surface area contributed by atoms with Crippen LogP contribution in [-0.4, -0.2) is 31.3 Å². The summed E-state index contributed by atoms with van der Waals surface area (Å²) >= 11 is 11.9. The van der Waals surface area contributed by atoms with Crippen molar-refractivity contribution in [3.63, 3.8) is 0 Å². The molecule has 1 heterocycles. The number of hydrogen-bond donors (Lipinski definition) is 0. The smallest absolute Gasteiger partial charge is 0.231 e. The van der Waals surface area contributed by atoms with Crippen LogP contribution in [0.1, 0.15) is 18.4 Å². The van der Waals surface area contributed by atoms with E-state index in [0.717, 1.165) is 17.1 Å². The second-order valence-corrected chi connectivity index (χ2v) is 6.81. The van der Waals surface area contributed by atoms with Crippen molar-refractivity contribution in [1.82, 2.24) is 4.90 Å². The Morgan fingerprint density at radius 2 is 1.96 bits per heavy atom. The highest BCUT2D eigenvalue weighted by Gasteiger charge is 2.15. The highest BCUT2D eigenvalue weighted by atomic mass is 35.5. The third-order valence-electron chi connectivity index (χ3n) is 3.97. The van der Waals surface area contributed by atoms with Gasteiger partial charge in [0.15, 0.2) is 11.5 Å². The topological polar surface area (TPSA) is 48.0 Å². The number of fused-ring (bicyclic) bond motifs is 1. The molecule has 26 heavy (non-hydrogen) atoms. The van der Waals surface area contributed by atoms with Crippen LogP contribution in [0.3, 0.4) is 0 Å². The number of carbonyl (C=O) groups is 1. The number of benzene rings is 2. The summed E-state index contributed by atoms with van der Waals surface area (Å²) in [6.45, 7) is 1.16. The van der Waals surface area contributed by atoms with Crippen LogP contribution in [-0.2, 0) is 11.3 Å². The molecule has 2 aromatic carbocycles. The van der Waals surface area contributed by atoms with Crippen molar-refractivity contribution >= 4 is 29.1 Å². The van der Waals surface area contributed by atoms with E-state index in [4.69, 9.17) is 37.4 Å². The molecule has 3 rings (SSSR count). The number of hydrogen-bond acceptors (Lipinski definition) is 4. The van der Waals surface area contributed by atoms with E-state index in [0.29, 0.717) is 41.8 Å². The molecule has 0 saturated heterocycles. The van der Waals surface area contributed by atoms with Gasteiger partial charge in [-0.2, -0.15) is 0 Å². The van der Waals surface area contributed by atoms with Gasteiger partial charge in [-0.3, -0.25) is 4.79 Å². The molecule has 0 saturated carbocycles. The van der Waals surface area contributed by atoms with Gasteiger partial charge >= 0.3 is 0 Å². The molecule has 2 aromatic rings. The lowest BCUT2D eigenvalue weighted by molar-refractivity contribution is -0.130. The van der Waals surface area contributed by atoms with Crippen LogP contribution in [0.5, 0.6) is 17.2 Å². The Morgan fingerprint density at radius 3 is 2.77 bits per heavy atom. The summed E-state index contributed by atoms with van der Waals surface area (Å²) in [4.78, 5) is 14.0. The number of amides is 1. The van der Waals surface area contributed by atoms with Crippen LogP contribution in [0, 0.1) is 0 Å². The molecule has 0 atom stereocenters. The SMILES string of the molecule is CN(Cc1ccc2c(c1)OCO2)C(=O)CCCOc1ccc(Cl)cc1Cl. The quantitative estimate of drug-likeness (QED) is 0.645. The molecule has 5 nitrogen and oxygen atoms in total. The zero-order valence-corrected chi connectivity index (χ0v) is 15.8. The minimum absolute atomic E-state index is 0.0495. The lowest BCUT2D eigenvalue weighted by Crippen LogP contribution is -2.26. The average molecular weight is 396 g/mol. The van der Waals surface area contributed by atoms with Gasteiger partial charge in [-0.05, 0) is 42.3 Å². The third-order valence-corrected chi connectivity index (χ3v) is 4.50. The molecular weight excluding hydrogens is 377 g/mol. The van der Waals surface area contributed by atoms with Crippen molar-refractivity contribution in [1.29, 1.82) is 0 Å². The van der Waals surface area contributed by atoms with Gasteiger partial charge in [-0.25, -0.2) is 0 Å². The zero-order chi connectivity index (χ0) is 18.5. The van der Waals surface area contributed by atoms with Gasteiger partial charge in [0.1, 0.15) is 5.75 Å². The predicted molar refractivity (Wildman–Crippen MR) is 100 cm³/mol. The Bertz CT molecular complexity index is 797. The summed E-state index contributed by atoms with van der Waals surface area (Å²) in [6, 6.07) is 10.8. The van der Waals surface area contributed by atoms with Crippen molar-refractivity contribution in [3.05, 3.63) is 52.0 Å². The molecule has 138 valence electrons. The van der Waals surface area contributed by atoms with Crippen LogP contribution >= 0.6 is 23.2 Å². The van der Waals surface area contributed by atoms with Gasteiger partial charge in [0.05, 0.1) is 11.6 Å². The molecule has 0 unspecified atom stereocenters. The summed E-state index contributed by atoms with van der Waals surface area (Å²) in [5, 5.41) is 1.02. The Kier molecular flexibility index (Phi) is 6.12. The Labute approximate surface area is 162 Å². The monoisotopic (exact) mass is 395 g/mol. The lowest BCUT2D eigenvalue weighted by atomic mass is 10.2. The number of carbonyl (C=O) groups excluding carboxylic acids is 1. The minimum Gasteiger partial charge on any atom is -0.492 e. The molecule has 0 fully saturated rings. The summed E-state index contributed by atoms with van der Waals surface area (Å²) in [5.41, 5.74) is 0.995. The molecule has 7 heteroatoms. The van der Waals surface area contributed by atoms with E-state index >= 15 is 0 Å². The van der Waals surface area contributed by atoms with E-state index in [-0.39, 0.29) is 12.7 Å². The first-order valence-electron chi connectivity index (χ1n) is 8.23. The molecular formula is C19H19Cl2NO4. The molecule has 1 amide bonds. The van der Waals surface area contributed by atoms with E-state index in [1.54, 1.807) is 30.1 Å². The van der Waals surface area contributed by atoms with Gasteiger partial charge < -0.3 is 19.1 Å². The predicted octanol–water partition coefficient (Wildman–Crippen LogP) is 4.54. The Morgan fingerprint density at radius 1 is 1.15 bits per heavy atom. The van der Waals surface area contributed by atoms with Crippen LogP contribution in [0.4, 0.5) is 0 Å². The largest absolute Gasteiger partial charge is 0.492 e. The molecule has 0 radical (unpaired) electrons. The summed E-state index contributed by atoms with van der Waals surface area (Å²) < 4.78 is 16.2. The molecule has 0 N–H and O–H groups in total.